The molecule has 0 saturated carbocycles. The maximum absolute atomic E-state index is 0. The SMILES string of the molecule is B.[Cr].[Cu].[Nb]. The Morgan fingerprint density at radius 3 is 1.00 bits per heavy atom. The van der Waals surface area contributed by atoms with E-state index in [2.05, 4.69) is 0 Å². The first kappa shape index (κ1) is 40.1. The summed E-state index contributed by atoms with van der Waals surface area (Å²) in [5, 5.41) is 0. The first-order valence-electron chi connectivity index (χ1n) is 0. The molecule has 0 atom stereocenters. The van der Waals surface area contributed by atoms with Gasteiger partial charge >= 0.3 is 0 Å². The van der Waals surface area contributed by atoms with Gasteiger partial charge in [0.25, 0.3) is 0 Å². The van der Waals surface area contributed by atoms with E-state index < -0.39 is 0 Å². The van der Waals surface area contributed by atoms with E-state index in [0.717, 1.165) is 0 Å². The Hall–Kier alpha value is 1.86. The molecule has 4 heteroatoms. The van der Waals surface area contributed by atoms with Gasteiger partial charge in [-0.2, -0.15) is 0 Å². The normalized spacial score (nSPS) is 0. The molecule has 4 heavy (non-hydrogen) atoms. The van der Waals surface area contributed by atoms with Crippen LogP contribution in [0.1, 0.15) is 0 Å². The first-order chi connectivity index (χ1) is 0. The molecule has 0 aliphatic rings. The summed E-state index contributed by atoms with van der Waals surface area (Å²) in [6.45, 7) is 0. The number of hydrogen-bond donors (Lipinski definition) is 0. The van der Waals surface area contributed by atoms with Crippen molar-refractivity contribution in [1.82, 2.24) is 0 Å². The van der Waals surface area contributed by atoms with Crippen LogP contribution in [0.4, 0.5) is 0 Å². The summed E-state index contributed by atoms with van der Waals surface area (Å²) in [4.78, 5) is 0. The van der Waals surface area contributed by atoms with E-state index >= 15 is 0 Å². The third-order valence-electron chi connectivity index (χ3n) is 0. The summed E-state index contributed by atoms with van der Waals surface area (Å²) in [5.74, 6) is 0. The minimum Gasteiger partial charge on any atom is 0 e. The maximum atomic E-state index is 0. The summed E-state index contributed by atoms with van der Waals surface area (Å²) in [5.41, 5.74) is 0. The van der Waals surface area contributed by atoms with E-state index in [0.29, 0.717) is 0 Å². The Morgan fingerprint density at radius 1 is 1.00 bits per heavy atom. The molecule has 0 rings (SSSR count). The van der Waals surface area contributed by atoms with Gasteiger partial charge in [-0.15, -0.1) is 0 Å². The fourth-order valence-electron chi connectivity index (χ4n) is 0. The molecule has 0 unspecified atom stereocenters. The van der Waals surface area contributed by atoms with Crippen molar-refractivity contribution in [2.75, 3.05) is 0 Å². The van der Waals surface area contributed by atoms with Crippen molar-refractivity contribution in [3.8, 4) is 0 Å². The van der Waals surface area contributed by atoms with Gasteiger partial charge in [0.15, 0.2) is 0 Å². The van der Waals surface area contributed by atoms with Gasteiger partial charge in [-0.3, -0.25) is 0 Å². The van der Waals surface area contributed by atoms with Crippen molar-refractivity contribution in [2.24, 2.45) is 0 Å². The Morgan fingerprint density at radius 2 is 1.00 bits per heavy atom. The van der Waals surface area contributed by atoms with Crippen LogP contribution in [0.25, 0.3) is 0 Å². The van der Waals surface area contributed by atoms with E-state index in [9.17, 15) is 0 Å². The van der Waals surface area contributed by atoms with Crippen LogP contribution in [0.15, 0.2) is 0 Å². The van der Waals surface area contributed by atoms with Crippen molar-refractivity contribution >= 4 is 8.41 Å². The quantitative estimate of drug-likeness (QED) is 0.452. The van der Waals surface area contributed by atoms with Gasteiger partial charge < -0.3 is 0 Å². The van der Waals surface area contributed by atoms with Crippen molar-refractivity contribution in [3.63, 3.8) is 0 Å². The van der Waals surface area contributed by atoms with Crippen molar-refractivity contribution in [3.05, 3.63) is 0 Å². The van der Waals surface area contributed by atoms with Gasteiger partial charge in [0.1, 0.15) is 0 Å². The second kappa shape index (κ2) is 21.0. The molecule has 0 aromatic rings. The van der Waals surface area contributed by atoms with E-state index in [1.807, 2.05) is 0 Å². The molecule has 0 aromatic carbocycles. The van der Waals surface area contributed by atoms with E-state index in [-0.39, 0.29) is 65.2 Å². The molecule has 0 aliphatic heterocycles. The Kier molecular flexibility index (Phi) is 210. The van der Waals surface area contributed by atoms with Crippen molar-refractivity contribution in [1.29, 1.82) is 0 Å². The summed E-state index contributed by atoms with van der Waals surface area (Å²) >= 11 is 0. The fourth-order valence-corrected chi connectivity index (χ4v) is 0. The summed E-state index contributed by atoms with van der Waals surface area (Å²) < 4.78 is 0. The third-order valence-corrected chi connectivity index (χ3v) is 0. The molecule has 0 aliphatic carbocycles. The zero-order chi connectivity index (χ0) is 0. The predicted molar refractivity (Wildman–Crippen MR) is 9.94 cm³/mol. The zero-order valence-corrected chi connectivity index (χ0v) is 5.57. The largest absolute Gasteiger partial charge is 0.0814 e. The zero-order valence-electron chi connectivity index (χ0n) is 1.16. The van der Waals surface area contributed by atoms with Gasteiger partial charge in [0.05, 0.1) is 8.41 Å². The van der Waals surface area contributed by atoms with Crippen LogP contribution >= 0.6 is 0 Å². The molecule has 0 saturated heterocycles. The molecule has 28 valence electrons. The van der Waals surface area contributed by atoms with Crippen LogP contribution in [-0.4, -0.2) is 8.41 Å². The monoisotopic (exact) mass is 222 g/mol. The minimum absolute atomic E-state index is 0. The van der Waals surface area contributed by atoms with Crippen LogP contribution < -0.4 is 0 Å². The smallest absolute Gasteiger partial charge is 0 e. The van der Waals surface area contributed by atoms with Crippen LogP contribution in [0, 0.1) is 0 Å². The molecule has 0 aromatic heterocycles. The van der Waals surface area contributed by atoms with Crippen molar-refractivity contribution in [2.45, 2.75) is 0 Å². The summed E-state index contributed by atoms with van der Waals surface area (Å²) in [6.07, 6.45) is 0. The second-order valence-corrected chi connectivity index (χ2v) is 0. The molecule has 2 radical (unpaired) electrons. The van der Waals surface area contributed by atoms with Crippen LogP contribution in [-0.2, 0) is 56.8 Å². The molecular weight excluding hydrogens is 219 g/mol. The van der Waals surface area contributed by atoms with Gasteiger partial charge in [0.2, 0.25) is 0 Å². The van der Waals surface area contributed by atoms with E-state index in [4.69, 9.17) is 0 Å². The summed E-state index contributed by atoms with van der Waals surface area (Å²) in [7, 11) is 0. The molecular formula is H3BCrCuNb. The third kappa shape index (κ3) is 9.13. The number of hydrogen-bond acceptors (Lipinski definition) is 0. The summed E-state index contributed by atoms with van der Waals surface area (Å²) in [6, 6.07) is 0. The van der Waals surface area contributed by atoms with Gasteiger partial charge in [-0.05, 0) is 0 Å². The van der Waals surface area contributed by atoms with Crippen LogP contribution in [0.5, 0.6) is 0 Å². The molecule has 0 nitrogen and oxygen atoms in total. The average molecular weight is 222 g/mol. The Balaban J connectivity index is 0. The molecule has 0 heterocycles. The minimum atomic E-state index is 0. The Labute approximate surface area is 64.8 Å². The first-order valence-corrected chi connectivity index (χ1v) is 0. The number of rotatable bonds is 0. The molecule has 0 amide bonds. The van der Waals surface area contributed by atoms with Gasteiger partial charge in [0, 0.05) is 56.8 Å². The van der Waals surface area contributed by atoms with Gasteiger partial charge in [-0.25, -0.2) is 0 Å². The predicted octanol–water partition coefficient (Wildman–Crippen LogP) is -1.19. The maximum Gasteiger partial charge on any atom is 0.0814 e. The molecule has 0 fully saturated rings. The average Bonchev–Trinajstić information content (AvgIpc) is 0. The Bertz CT molecular complexity index is 8.00. The van der Waals surface area contributed by atoms with Crippen molar-refractivity contribution < 1.29 is 56.8 Å². The second-order valence-electron chi connectivity index (χ2n) is 0. The molecule has 0 spiro atoms. The van der Waals surface area contributed by atoms with E-state index in [1.54, 1.807) is 0 Å². The van der Waals surface area contributed by atoms with Gasteiger partial charge in [-0.1, -0.05) is 0 Å². The standard InChI is InChI=1S/BH3.Cr.Cu.Nb/h1H3;;;. The van der Waals surface area contributed by atoms with Crippen LogP contribution in [0.3, 0.4) is 0 Å². The molecule has 0 N–H and O–H groups in total. The fraction of sp³-hybridized carbons (Fsp3) is 0. The topological polar surface area (TPSA) is 0 Å². The van der Waals surface area contributed by atoms with Crippen LogP contribution in [0.2, 0.25) is 0 Å². The van der Waals surface area contributed by atoms with E-state index in [1.165, 1.54) is 0 Å². The molecule has 0 bridgehead atoms.